The van der Waals surface area contributed by atoms with Crippen molar-refractivity contribution in [2.75, 3.05) is 19.5 Å². The number of carbonyl (C=O) groups is 3. The van der Waals surface area contributed by atoms with E-state index in [1.807, 2.05) is 0 Å². The molecule has 0 amide bonds. The first-order valence-corrected chi connectivity index (χ1v) is 5.91. The number of aliphatic carboxylic acids is 1. The Kier molecular flexibility index (Phi) is 5.94. The highest BCUT2D eigenvalue weighted by Crippen LogP contribution is 2.14. The molecule has 0 saturated carbocycles. The number of benzene rings is 1. The summed E-state index contributed by atoms with van der Waals surface area (Å²) in [6, 6.07) is 5.24. The number of rotatable bonds is 6. The van der Waals surface area contributed by atoms with Gasteiger partial charge in [-0.3, -0.25) is 0 Å². The van der Waals surface area contributed by atoms with Gasteiger partial charge in [0, 0.05) is 11.8 Å². The van der Waals surface area contributed by atoms with Gasteiger partial charge >= 0.3 is 17.9 Å². The standard InChI is InChI=1S/C14H15NO6/c1-20-13(18)12(14(19)21-2)15-10-5-3-4-9(8-10)6-7-11(16)17/h3-8,12,15H,1-2H3,(H,16,17). The Morgan fingerprint density at radius 1 is 1.19 bits per heavy atom. The number of hydrogen-bond acceptors (Lipinski definition) is 6. The number of carboxylic acid groups (broad SMARTS) is 1. The summed E-state index contributed by atoms with van der Waals surface area (Å²) in [5, 5.41) is 11.3. The van der Waals surface area contributed by atoms with Crippen LogP contribution in [0.2, 0.25) is 0 Å². The van der Waals surface area contributed by atoms with Crippen molar-refractivity contribution in [3.05, 3.63) is 35.9 Å². The number of carbonyl (C=O) groups excluding carboxylic acids is 2. The largest absolute Gasteiger partial charge is 0.478 e. The lowest BCUT2D eigenvalue weighted by atomic mass is 10.1. The molecular formula is C14H15NO6. The minimum Gasteiger partial charge on any atom is -0.478 e. The average Bonchev–Trinajstić information content (AvgIpc) is 2.49. The van der Waals surface area contributed by atoms with Crippen LogP contribution in [0, 0.1) is 0 Å². The molecule has 0 saturated heterocycles. The molecule has 0 aromatic heterocycles. The van der Waals surface area contributed by atoms with Crippen LogP contribution >= 0.6 is 0 Å². The van der Waals surface area contributed by atoms with Crippen LogP contribution in [0.1, 0.15) is 5.56 Å². The lowest BCUT2D eigenvalue weighted by Crippen LogP contribution is -2.39. The van der Waals surface area contributed by atoms with Crippen LogP contribution in [0.25, 0.3) is 6.08 Å². The lowest BCUT2D eigenvalue weighted by molar-refractivity contribution is -0.152. The lowest BCUT2D eigenvalue weighted by Gasteiger charge is -2.15. The summed E-state index contributed by atoms with van der Waals surface area (Å²) in [5.41, 5.74) is 1.04. The zero-order chi connectivity index (χ0) is 15.8. The maximum Gasteiger partial charge on any atom is 0.340 e. The highest BCUT2D eigenvalue weighted by atomic mass is 16.5. The summed E-state index contributed by atoms with van der Waals surface area (Å²) >= 11 is 0. The molecule has 0 unspecified atom stereocenters. The molecule has 0 radical (unpaired) electrons. The number of ether oxygens (including phenoxy) is 2. The third-order valence-electron chi connectivity index (χ3n) is 2.49. The van der Waals surface area contributed by atoms with Gasteiger partial charge in [-0.05, 0) is 23.8 Å². The molecule has 0 bridgehead atoms. The SMILES string of the molecule is COC(=O)C(Nc1cccc(C=CC(=O)O)c1)C(=O)OC. The average molecular weight is 293 g/mol. The zero-order valence-corrected chi connectivity index (χ0v) is 11.5. The second-order valence-electron chi connectivity index (χ2n) is 3.92. The van der Waals surface area contributed by atoms with Crippen LogP contribution in [0.3, 0.4) is 0 Å². The first-order chi connectivity index (χ1) is 9.97. The molecule has 0 spiro atoms. The van der Waals surface area contributed by atoms with Crippen LogP contribution in [-0.2, 0) is 23.9 Å². The van der Waals surface area contributed by atoms with Crippen molar-refractivity contribution in [2.24, 2.45) is 0 Å². The van der Waals surface area contributed by atoms with Crippen LogP contribution in [0.15, 0.2) is 30.3 Å². The van der Waals surface area contributed by atoms with E-state index < -0.39 is 23.9 Å². The Balaban J connectivity index is 2.94. The molecule has 7 heteroatoms. The molecular weight excluding hydrogens is 278 g/mol. The predicted octanol–water partition coefficient (Wildman–Crippen LogP) is 0.911. The normalized spacial score (nSPS) is 10.4. The number of carboxylic acids is 1. The summed E-state index contributed by atoms with van der Waals surface area (Å²) in [4.78, 5) is 33.5. The number of hydrogen-bond donors (Lipinski definition) is 2. The molecule has 1 aromatic rings. The summed E-state index contributed by atoms with van der Waals surface area (Å²) in [6.45, 7) is 0. The van der Waals surface area contributed by atoms with Gasteiger partial charge in [-0.25, -0.2) is 14.4 Å². The summed E-state index contributed by atoms with van der Waals surface area (Å²) in [7, 11) is 2.32. The van der Waals surface area contributed by atoms with Crippen molar-refractivity contribution < 1.29 is 29.0 Å². The fraction of sp³-hybridized carbons (Fsp3) is 0.214. The van der Waals surface area contributed by atoms with Crippen molar-refractivity contribution >= 4 is 29.7 Å². The predicted molar refractivity (Wildman–Crippen MR) is 74.6 cm³/mol. The number of methoxy groups -OCH3 is 2. The highest BCUT2D eigenvalue weighted by Gasteiger charge is 2.28. The van der Waals surface area contributed by atoms with Crippen molar-refractivity contribution in [3.63, 3.8) is 0 Å². The molecule has 21 heavy (non-hydrogen) atoms. The fourth-order valence-corrected chi connectivity index (χ4v) is 1.52. The maximum atomic E-state index is 11.5. The molecule has 1 rings (SSSR count). The fourth-order valence-electron chi connectivity index (χ4n) is 1.52. The van der Waals surface area contributed by atoms with Gasteiger partial charge < -0.3 is 19.9 Å². The molecule has 7 nitrogen and oxygen atoms in total. The first kappa shape index (κ1) is 16.2. The van der Waals surface area contributed by atoms with Crippen LogP contribution < -0.4 is 5.32 Å². The van der Waals surface area contributed by atoms with Gasteiger partial charge in [0.25, 0.3) is 0 Å². The highest BCUT2D eigenvalue weighted by molar-refractivity contribution is 6.02. The Labute approximate surface area is 121 Å². The number of esters is 2. The van der Waals surface area contributed by atoms with Gasteiger partial charge in [0.1, 0.15) is 0 Å². The molecule has 0 heterocycles. The van der Waals surface area contributed by atoms with Crippen molar-refractivity contribution in [1.29, 1.82) is 0 Å². The van der Waals surface area contributed by atoms with E-state index in [9.17, 15) is 14.4 Å². The monoisotopic (exact) mass is 293 g/mol. The molecule has 0 aliphatic heterocycles. The van der Waals surface area contributed by atoms with Gasteiger partial charge in [-0.15, -0.1) is 0 Å². The Hall–Kier alpha value is -2.83. The Bertz CT molecular complexity index is 550. The molecule has 112 valence electrons. The van der Waals surface area contributed by atoms with E-state index in [-0.39, 0.29) is 0 Å². The van der Waals surface area contributed by atoms with E-state index in [1.54, 1.807) is 24.3 Å². The minimum atomic E-state index is -1.29. The van der Waals surface area contributed by atoms with Gasteiger partial charge in [0.2, 0.25) is 6.04 Å². The molecule has 0 aliphatic carbocycles. The van der Waals surface area contributed by atoms with E-state index in [4.69, 9.17) is 5.11 Å². The van der Waals surface area contributed by atoms with E-state index in [0.717, 1.165) is 20.3 Å². The van der Waals surface area contributed by atoms with Crippen LogP contribution in [0.4, 0.5) is 5.69 Å². The van der Waals surface area contributed by atoms with Crippen LogP contribution in [0.5, 0.6) is 0 Å². The van der Waals surface area contributed by atoms with E-state index in [0.29, 0.717) is 11.3 Å². The van der Waals surface area contributed by atoms with E-state index >= 15 is 0 Å². The van der Waals surface area contributed by atoms with Gasteiger partial charge in [-0.2, -0.15) is 0 Å². The Morgan fingerprint density at radius 3 is 2.33 bits per heavy atom. The molecule has 0 aliphatic rings. The van der Waals surface area contributed by atoms with E-state index in [1.165, 1.54) is 6.08 Å². The van der Waals surface area contributed by atoms with Crippen molar-refractivity contribution in [1.82, 2.24) is 0 Å². The first-order valence-electron chi connectivity index (χ1n) is 5.91. The Morgan fingerprint density at radius 2 is 1.81 bits per heavy atom. The topological polar surface area (TPSA) is 102 Å². The third-order valence-corrected chi connectivity index (χ3v) is 2.49. The maximum absolute atomic E-state index is 11.5. The quantitative estimate of drug-likeness (QED) is 0.456. The minimum absolute atomic E-state index is 0.448. The molecule has 0 fully saturated rings. The molecule has 0 atom stereocenters. The number of anilines is 1. The number of nitrogens with one attached hydrogen (secondary N) is 1. The summed E-state index contributed by atoms with van der Waals surface area (Å²) < 4.78 is 9.05. The van der Waals surface area contributed by atoms with E-state index in [2.05, 4.69) is 14.8 Å². The summed E-state index contributed by atoms with van der Waals surface area (Å²) in [5.74, 6) is -2.64. The molecule has 2 N–H and O–H groups in total. The van der Waals surface area contributed by atoms with Gasteiger partial charge in [0.15, 0.2) is 0 Å². The smallest absolute Gasteiger partial charge is 0.340 e. The summed E-state index contributed by atoms with van der Waals surface area (Å²) in [6.07, 6.45) is 2.37. The van der Waals surface area contributed by atoms with Crippen molar-refractivity contribution in [3.8, 4) is 0 Å². The van der Waals surface area contributed by atoms with Gasteiger partial charge in [-0.1, -0.05) is 12.1 Å². The van der Waals surface area contributed by atoms with Gasteiger partial charge in [0.05, 0.1) is 14.2 Å². The molecule has 1 aromatic carbocycles. The second-order valence-corrected chi connectivity index (χ2v) is 3.92. The zero-order valence-electron chi connectivity index (χ0n) is 11.5. The van der Waals surface area contributed by atoms with Crippen LogP contribution in [-0.4, -0.2) is 43.3 Å². The third kappa shape index (κ3) is 4.98. The van der Waals surface area contributed by atoms with Crippen molar-refractivity contribution in [2.45, 2.75) is 6.04 Å². The second kappa shape index (κ2) is 7.68.